The Labute approximate surface area is 182 Å². The van der Waals surface area contributed by atoms with Gasteiger partial charge in [0.1, 0.15) is 12.4 Å². The first kappa shape index (κ1) is 23.3. The summed E-state index contributed by atoms with van der Waals surface area (Å²) in [4.78, 5) is 11.9. The molecular formula is C22H18F3NO5S. The van der Waals surface area contributed by atoms with Gasteiger partial charge in [-0.2, -0.15) is 13.2 Å². The molecule has 0 saturated heterocycles. The summed E-state index contributed by atoms with van der Waals surface area (Å²) in [5.41, 5.74) is -0.0838. The highest BCUT2D eigenvalue weighted by molar-refractivity contribution is 7.89. The Morgan fingerprint density at radius 2 is 1.81 bits per heavy atom. The maximum absolute atomic E-state index is 12.7. The summed E-state index contributed by atoms with van der Waals surface area (Å²) < 4.78 is 75.2. The number of hydrogen-bond donors (Lipinski definition) is 1. The molecule has 0 saturated carbocycles. The summed E-state index contributed by atoms with van der Waals surface area (Å²) in [6, 6.07) is 13.5. The first-order chi connectivity index (χ1) is 15.1. The van der Waals surface area contributed by atoms with Crippen molar-refractivity contribution in [3.63, 3.8) is 0 Å². The summed E-state index contributed by atoms with van der Waals surface area (Å²) in [6.45, 7) is -0.305. The van der Waals surface area contributed by atoms with Crippen LogP contribution in [0.4, 0.5) is 13.2 Å². The fourth-order valence-corrected chi connectivity index (χ4v) is 3.62. The van der Waals surface area contributed by atoms with Gasteiger partial charge in [0.15, 0.2) is 0 Å². The molecule has 6 nitrogen and oxygen atoms in total. The Hall–Kier alpha value is -3.37. The molecule has 0 aliphatic rings. The van der Waals surface area contributed by atoms with Gasteiger partial charge in [0.25, 0.3) is 0 Å². The molecule has 0 spiro atoms. The predicted octanol–water partition coefficient (Wildman–Crippen LogP) is 4.53. The molecule has 0 bridgehead atoms. The van der Waals surface area contributed by atoms with Gasteiger partial charge in [-0.25, -0.2) is 17.9 Å². The van der Waals surface area contributed by atoms with Crippen LogP contribution in [0.25, 0.3) is 6.08 Å². The molecule has 32 heavy (non-hydrogen) atoms. The second-order valence-electron chi connectivity index (χ2n) is 6.61. The Balaban J connectivity index is 1.54. The number of furan rings is 1. The molecule has 0 fully saturated rings. The number of alkyl halides is 3. The Morgan fingerprint density at radius 1 is 1.06 bits per heavy atom. The Bertz CT molecular complexity index is 1190. The fraction of sp³-hybridized carbons (Fsp3) is 0.136. The van der Waals surface area contributed by atoms with Crippen LogP contribution in [0.5, 0.6) is 0 Å². The summed E-state index contributed by atoms with van der Waals surface area (Å²) >= 11 is 0. The van der Waals surface area contributed by atoms with Crippen molar-refractivity contribution in [2.45, 2.75) is 24.2 Å². The highest BCUT2D eigenvalue weighted by Crippen LogP contribution is 2.29. The second-order valence-corrected chi connectivity index (χ2v) is 8.38. The lowest BCUT2D eigenvalue weighted by atomic mass is 10.1. The summed E-state index contributed by atoms with van der Waals surface area (Å²) in [5, 5.41) is 0. The van der Waals surface area contributed by atoms with Crippen molar-refractivity contribution in [3.8, 4) is 0 Å². The Kier molecular flexibility index (Phi) is 7.16. The maximum Gasteiger partial charge on any atom is 0.416 e. The van der Waals surface area contributed by atoms with Crippen molar-refractivity contribution in [1.82, 2.24) is 4.72 Å². The highest BCUT2D eigenvalue weighted by Gasteiger charge is 2.30. The molecule has 0 radical (unpaired) electrons. The molecule has 0 unspecified atom stereocenters. The highest BCUT2D eigenvalue weighted by atomic mass is 32.2. The number of rotatable bonds is 8. The summed E-state index contributed by atoms with van der Waals surface area (Å²) in [7, 11) is -3.74. The van der Waals surface area contributed by atoms with Crippen molar-refractivity contribution >= 4 is 22.1 Å². The molecule has 0 aliphatic heterocycles. The number of esters is 1. The van der Waals surface area contributed by atoms with Gasteiger partial charge in [0.05, 0.1) is 23.3 Å². The summed E-state index contributed by atoms with van der Waals surface area (Å²) in [6.07, 6.45) is -0.531. The number of ether oxygens (including phenoxy) is 1. The molecule has 168 valence electrons. The van der Waals surface area contributed by atoms with Crippen LogP contribution in [0.15, 0.2) is 82.3 Å². The van der Waals surface area contributed by atoms with E-state index in [1.807, 2.05) is 0 Å². The molecule has 3 aromatic rings. The fourth-order valence-electron chi connectivity index (χ4n) is 2.63. The van der Waals surface area contributed by atoms with Gasteiger partial charge >= 0.3 is 12.1 Å². The normalized spacial score (nSPS) is 12.2. The minimum Gasteiger partial charge on any atom is -0.468 e. The number of carbonyl (C=O) groups is 1. The van der Waals surface area contributed by atoms with E-state index >= 15 is 0 Å². The SMILES string of the molecule is O=C(/C=C/c1ccc(S(=O)(=O)NCc2ccco2)cc1)OCc1cccc(C(F)(F)F)c1. The quantitative estimate of drug-likeness (QED) is 0.390. The molecule has 0 atom stereocenters. The van der Waals surface area contributed by atoms with Gasteiger partial charge in [-0.3, -0.25) is 0 Å². The van der Waals surface area contributed by atoms with Crippen molar-refractivity contribution < 1.29 is 35.5 Å². The zero-order valence-corrected chi connectivity index (χ0v) is 17.3. The number of carbonyl (C=O) groups excluding carboxylic acids is 1. The van der Waals surface area contributed by atoms with Crippen molar-refractivity contribution in [3.05, 3.63) is 95.5 Å². The predicted molar refractivity (Wildman–Crippen MR) is 109 cm³/mol. The molecule has 1 aromatic heterocycles. The lowest BCUT2D eigenvalue weighted by Gasteiger charge is -2.08. The first-order valence-corrected chi connectivity index (χ1v) is 10.7. The van der Waals surface area contributed by atoms with Crippen LogP contribution in [0.1, 0.15) is 22.5 Å². The van der Waals surface area contributed by atoms with E-state index in [-0.39, 0.29) is 23.6 Å². The topological polar surface area (TPSA) is 85.6 Å². The molecule has 3 rings (SSSR count). The van der Waals surface area contributed by atoms with E-state index in [0.717, 1.165) is 18.2 Å². The van der Waals surface area contributed by atoms with Crippen LogP contribution in [-0.2, 0) is 38.9 Å². The average Bonchev–Trinajstić information content (AvgIpc) is 3.29. The van der Waals surface area contributed by atoms with Crippen molar-refractivity contribution in [2.75, 3.05) is 0 Å². The zero-order chi connectivity index (χ0) is 23.2. The summed E-state index contributed by atoms with van der Waals surface area (Å²) in [5.74, 6) is -0.281. The molecule has 0 amide bonds. The third-order valence-corrected chi connectivity index (χ3v) is 5.67. The van der Waals surface area contributed by atoms with E-state index in [4.69, 9.17) is 9.15 Å². The van der Waals surface area contributed by atoms with E-state index in [1.165, 1.54) is 48.7 Å². The largest absolute Gasteiger partial charge is 0.468 e. The lowest BCUT2D eigenvalue weighted by Crippen LogP contribution is -2.22. The molecule has 0 aliphatic carbocycles. The minimum atomic E-state index is -4.48. The van der Waals surface area contributed by atoms with Gasteiger partial charge in [-0.15, -0.1) is 0 Å². The number of nitrogens with one attached hydrogen (secondary N) is 1. The van der Waals surface area contributed by atoms with E-state index in [9.17, 15) is 26.4 Å². The number of halogens is 3. The van der Waals surface area contributed by atoms with E-state index in [0.29, 0.717) is 11.3 Å². The number of sulfonamides is 1. The van der Waals surface area contributed by atoms with Crippen LogP contribution in [0.2, 0.25) is 0 Å². The molecule has 2 aromatic carbocycles. The second kappa shape index (κ2) is 9.84. The minimum absolute atomic E-state index is 0.00864. The monoisotopic (exact) mass is 465 g/mol. The van der Waals surface area contributed by atoms with E-state index in [2.05, 4.69) is 4.72 Å². The van der Waals surface area contributed by atoms with Crippen LogP contribution in [-0.4, -0.2) is 14.4 Å². The van der Waals surface area contributed by atoms with E-state index in [1.54, 1.807) is 12.1 Å². The van der Waals surface area contributed by atoms with Crippen LogP contribution in [0.3, 0.4) is 0 Å². The van der Waals surface area contributed by atoms with Gasteiger partial charge in [0, 0.05) is 6.08 Å². The number of hydrogen-bond acceptors (Lipinski definition) is 5. The molecule has 1 heterocycles. The standard InChI is InChI=1S/C22H18F3NO5S/c23-22(24,25)18-4-1-3-17(13-18)15-31-21(27)11-8-16-6-9-20(10-7-16)32(28,29)26-14-19-5-2-12-30-19/h1-13,26H,14-15H2/b11-8+. The first-order valence-electron chi connectivity index (χ1n) is 9.26. The van der Waals surface area contributed by atoms with Gasteiger partial charge in [0.2, 0.25) is 10.0 Å². The molecular weight excluding hydrogens is 447 g/mol. The van der Waals surface area contributed by atoms with Crippen molar-refractivity contribution in [1.29, 1.82) is 0 Å². The molecule has 1 N–H and O–H groups in total. The zero-order valence-electron chi connectivity index (χ0n) is 16.5. The maximum atomic E-state index is 12.7. The smallest absolute Gasteiger partial charge is 0.416 e. The lowest BCUT2D eigenvalue weighted by molar-refractivity contribution is -0.138. The van der Waals surface area contributed by atoms with Gasteiger partial charge < -0.3 is 9.15 Å². The van der Waals surface area contributed by atoms with E-state index < -0.39 is 27.7 Å². The third kappa shape index (κ3) is 6.56. The Morgan fingerprint density at radius 3 is 2.47 bits per heavy atom. The van der Waals surface area contributed by atoms with Crippen LogP contribution >= 0.6 is 0 Å². The molecule has 10 heteroatoms. The third-order valence-electron chi connectivity index (χ3n) is 4.25. The average molecular weight is 465 g/mol. The number of benzene rings is 2. The van der Waals surface area contributed by atoms with Crippen molar-refractivity contribution in [2.24, 2.45) is 0 Å². The van der Waals surface area contributed by atoms with Crippen LogP contribution < -0.4 is 4.72 Å². The van der Waals surface area contributed by atoms with Gasteiger partial charge in [-0.1, -0.05) is 24.3 Å². The van der Waals surface area contributed by atoms with Gasteiger partial charge in [-0.05, 0) is 53.6 Å². The van der Waals surface area contributed by atoms with Crippen LogP contribution in [0, 0.1) is 0 Å².